The van der Waals surface area contributed by atoms with Gasteiger partial charge in [-0.15, -0.1) is 0 Å². The summed E-state index contributed by atoms with van der Waals surface area (Å²) in [4.78, 5) is 9.46. The van der Waals surface area contributed by atoms with Gasteiger partial charge in [-0.25, -0.2) is 0 Å². The van der Waals surface area contributed by atoms with Gasteiger partial charge in [0.1, 0.15) is 6.10 Å². The van der Waals surface area contributed by atoms with Crippen molar-refractivity contribution in [3.63, 3.8) is 0 Å². The molecule has 4 nitrogen and oxygen atoms in total. The van der Waals surface area contributed by atoms with E-state index in [1.807, 2.05) is 6.92 Å². The molecule has 0 bridgehead atoms. The largest absolute Gasteiger partial charge is 0.382 e. The van der Waals surface area contributed by atoms with Crippen molar-refractivity contribution in [3.8, 4) is 0 Å². The first-order valence-corrected chi connectivity index (χ1v) is 7.67. The van der Waals surface area contributed by atoms with E-state index in [4.69, 9.17) is 25.8 Å². The summed E-state index contributed by atoms with van der Waals surface area (Å²) in [6, 6.07) is 0. The van der Waals surface area contributed by atoms with Crippen LogP contribution in [0.3, 0.4) is 0 Å². The second kappa shape index (κ2) is 5.01. The highest BCUT2D eigenvalue weighted by molar-refractivity contribution is 8.09. The van der Waals surface area contributed by atoms with Gasteiger partial charge in [0.2, 0.25) is 0 Å². The van der Waals surface area contributed by atoms with Crippen molar-refractivity contribution < 1.29 is 18.9 Å². The quantitative estimate of drug-likeness (QED) is 0.746. The van der Waals surface area contributed by atoms with Crippen LogP contribution in [0, 0.1) is 0 Å². The van der Waals surface area contributed by atoms with Crippen molar-refractivity contribution >= 4 is 18.3 Å². The highest BCUT2D eigenvalue weighted by atomic mass is 32.5. The Balaban J connectivity index is 2.53. The zero-order valence-corrected chi connectivity index (χ0v) is 10.4. The maximum absolute atomic E-state index is 9.46. The zero-order chi connectivity index (χ0) is 10.8. The molecule has 0 aromatic rings. The van der Waals surface area contributed by atoms with Crippen LogP contribution in [-0.2, 0) is 25.8 Å². The minimum atomic E-state index is -2.60. The first-order valence-electron chi connectivity index (χ1n) is 4.55. The van der Waals surface area contributed by atoms with Gasteiger partial charge in [-0.1, -0.05) is 0 Å². The molecule has 0 aromatic heterocycles. The minimum absolute atomic E-state index is 0.107. The lowest BCUT2D eigenvalue weighted by molar-refractivity contribution is -0.0227. The van der Waals surface area contributed by atoms with Crippen molar-refractivity contribution in [2.45, 2.75) is 31.7 Å². The highest BCUT2D eigenvalue weighted by Gasteiger charge is 2.35. The molecule has 0 saturated carbocycles. The Morgan fingerprint density at radius 1 is 1.64 bits per heavy atom. The van der Waals surface area contributed by atoms with E-state index in [0.29, 0.717) is 6.61 Å². The van der Waals surface area contributed by atoms with Crippen LogP contribution in [0.25, 0.3) is 0 Å². The Labute approximate surface area is 89.7 Å². The molecule has 4 atom stereocenters. The minimum Gasteiger partial charge on any atom is -0.382 e. The normalized spacial score (nSPS) is 37.0. The summed E-state index contributed by atoms with van der Waals surface area (Å²) in [5, 5.41) is 0. The van der Waals surface area contributed by atoms with E-state index in [1.54, 1.807) is 13.8 Å². The van der Waals surface area contributed by atoms with Gasteiger partial charge in [0.15, 0.2) is 6.49 Å². The molecule has 6 heteroatoms. The van der Waals surface area contributed by atoms with Crippen LogP contribution in [0.1, 0.15) is 13.3 Å². The van der Waals surface area contributed by atoms with Crippen molar-refractivity contribution in [3.05, 3.63) is 0 Å². The number of methoxy groups -OCH3 is 1. The van der Waals surface area contributed by atoms with Crippen LogP contribution in [0.4, 0.5) is 0 Å². The van der Waals surface area contributed by atoms with E-state index in [-0.39, 0.29) is 18.3 Å². The number of hydrogen-bond acceptors (Lipinski definition) is 4. The molecule has 1 rings (SSSR count). The summed E-state index contributed by atoms with van der Waals surface area (Å²) in [7, 11) is 1.62. The maximum atomic E-state index is 9.46. The number of ether oxygens (including phenoxy) is 2. The van der Waals surface area contributed by atoms with Crippen molar-refractivity contribution in [2.75, 3.05) is 20.4 Å². The van der Waals surface area contributed by atoms with Gasteiger partial charge in [-0.2, -0.15) is 0 Å². The standard InChI is InChI=1S/C8H17O4PS/c1-6-4-7(12-13(3,9)14)8(11-6)5-10-2/h6-8H,4-5H2,1-3H3,(H,9,14)/t6-,7+,8+,13?/m0/s1. The SMILES string of the molecule is COC[C@H]1O[C@@H](C)C[C@H]1OP(C)(O)=S. The van der Waals surface area contributed by atoms with Crippen LogP contribution in [-0.4, -0.2) is 43.6 Å². The third-order valence-electron chi connectivity index (χ3n) is 2.05. The van der Waals surface area contributed by atoms with Crippen LogP contribution in [0.2, 0.25) is 0 Å². The van der Waals surface area contributed by atoms with E-state index in [2.05, 4.69) is 0 Å². The lowest BCUT2D eigenvalue weighted by Crippen LogP contribution is -2.27. The summed E-state index contributed by atoms with van der Waals surface area (Å²) in [6.07, 6.45) is 0.665. The molecule has 84 valence electrons. The average molecular weight is 240 g/mol. The second-order valence-corrected chi connectivity index (χ2v) is 7.47. The molecule has 1 fully saturated rings. The molecule has 0 spiro atoms. The maximum Gasteiger partial charge on any atom is 0.183 e. The molecule has 0 aliphatic carbocycles. The summed E-state index contributed by atoms with van der Waals surface area (Å²) in [5.74, 6) is 0. The van der Waals surface area contributed by atoms with Gasteiger partial charge in [0.25, 0.3) is 0 Å². The van der Waals surface area contributed by atoms with E-state index in [0.717, 1.165) is 6.42 Å². The molecule has 1 N–H and O–H groups in total. The molecule has 1 aliphatic rings. The van der Waals surface area contributed by atoms with Crippen LogP contribution < -0.4 is 0 Å². The van der Waals surface area contributed by atoms with E-state index in [1.165, 1.54) is 0 Å². The van der Waals surface area contributed by atoms with E-state index in [9.17, 15) is 4.89 Å². The Kier molecular flexibility index (Phi) is 4.50. The Morgan fingerprint density at radius 2 is 2.29 bits per heavy atom. The summed E-state index contributed by atoms with van der Waals surface area (Å²) >= 11 is 4.85. The van der Waals surface area contributed by atoms with E-state index < -0.39 is 6.49 Å². The van der Waals surface area contributed by atoms with Gasteiger partial charge in [0, 0.05) is 20.2 Å². The third kappa shape index (κ3) is 3.93. The highest BCUT2D eigenvalue weighted by Crippen LogP contribution is 2.42. The van der Waals surface area contributed by atoms with Crippen molar-refractivity contribution in [1.29, 1.82) is 0 Å². The van der Waals surface area contributed by atoms with Crippen molar-refractivity contribution in [1.82, 2.24) is 0 Å². The Morgan fingerprint density at radius 3 is 2.79 bits per heavy atom. The van der Waals surface area contributed by atoms with Crippen LogP contribution in [0.5, 0.6) is 0 Å². The number of hydrogen-bond donors (Lipinski definition) is 1. The van der Waals surface area contributed by atoms with Gasteiger partial charge < -0.3 is 18.9 Å². The van der Waals surface area contributed by atoms with Gasteiger partial charge in [-0.05, 0) is 18.7 Å². The second-order valence-electron chi connectivity index (χ2n) is 3.62. The summed E-state index contributed by atoms with van der Waals surface area (Å²) in [6.45, 7) is 1.40. The lowest BCUT2D eigenvalue weighted by atomic mass is 10.1. The fraction of sp³-hybridized carbons (Fsp3) is 1.00. The molecule has 0 amide bonds. The molecule has 0 radical (unpaired) electrons. The molecule has 1 unspecified atom stereocenters. The molecule has 14 heavy (non-hydrogen) atoms. The smallest absolute Gasteiger partial charge is 0.183 e. The first-order chi connectivity index (χ1) is 6.42. The predicted molar refractivity (Wildman–Crippen MR) is 58.1 cm³/mol. The molecular weight excluding hydrogens is 223 g/mol. The number of rotatable bonds is 4. The molecule has 1 heterocycles. The van der Waals surface area contributed by atoms with Crippen LogP contribution in [0.15, 0.2) is 0 Å². The first kappa shape index (κ1) is 12.6. The summed E-state index contributed by atoms with van der Waals surface area (Å²) in [5.41, 5.74) is 0. The lowest BCUT2D eigenvalue weighted by Gasteiger charge is -2.21. The Hall–Kier alpha value is 0.490. The van der Waals surface area contributed by atoms with Crippen LogP contribution >= 0.6 is 6.49 Å². The van der Waals surface area contributed by atoms with Crippen molar-refractivity contribution in [2.24, 2.45) is 0 Å². The fourth-order valence-corrected chi connectivity index (χ4v) is 2.65. The van der Waals surface area contributed by atoms with Gasteiger partial charge in [-0.3, -0.25) is 0 Å². The average Bonchev–Trinajstić information content (AvgIpc) is 2.28. The van der Waals surface area contributed by atoms with Gasteiger partial charge in [0.05, 0.1) is 18.8 Å². The van der Waals surface area contributed by atoms with Gasteiger partial charge >= 0.3 is 0 Å². The zero-order valence-electron chi connectivity index (χ0n) is 8.67. The van der Waals surface area contributed by atoms with E-state index >= 15 is 0 Å². The Bertz CT molecular complexity index is 229. The molecule has 1 saturated heterocycles. The fourth-order valence-electron chi connectivity index (χ4n) is 1.59. The molecular formula is C8H17O4PS. The molecule has 1 aliphatic heterocycles. The monoisotopic (exact) mass is 240 g/mol. The topological polar surface area (TPSA) is 47.9 Å². The third-order valence-corrected chi connectivity index (χ3v) is 2.97. The predicted octanol–water partition coefficient (Wildman–Crippen LogP) is 1.13. The molecule has 0 aromatic carbocycles. The summed E-state index contributed by atoms with van der Waals surface area (Å²) < 4.78 is 16.0.